The molecule has 0 aromatic heterocycles. The van der Waals surface area contributed by atoms with Gasteiger partial charge in [-0.25, -0.2) is 8.78 Å². The van der Waals surface area contributed by atoms with E-state index in [0.29, 0.717) is 10.9 Å². The molecule has 0 fully saturated rings. The summed E-state index contributed by atoms with van der Waals surface area (Å²) in [6.45, 7) is 3.67. The van der Waals surface area contributed by atoms with Crippen LogP contribution in [0.4, 0.5) is 8.78 Å². The molecule has 2 nitrogen and oxygen atoms in total. The predicted octanol–water partition coefficient (Wildman–Crippen LogP) is 3.13. The van der Waals surface area contributed by atoms with Gasteiger partial charge in [0.2, 0.25) is 0 Å². The van der Waals surface area contributed by atoms with Gasteiger partial charge in [0.1, 0.15) is 11.6 Å². The summed E-state index contributed by atoms with van der Waals surface area (Å²) in [4.78, 5) is 0. The van der Waals surface area contributed by atoms with E-state index in [-0.39, 0.29) is 11.5 Å². The fraction of sp³-hybridized carbons (Fsp3) is 0.500. The molecule has 1 rings (SSSR count). The Hall–Kier alpha value is -0.520. The molecule has 17 heavy (non-hydrogen) atoms. The average molecular weight is 308 g/mol. The lowest BCUT2D eigenvalue weighted by Crippen LogP contribution is -2.33. The van der Waals surface area contributed by atoms with E-state index in [0.717, 1.165) is 12.1 Å². The van der Waals surface area contributed by atoms with Crippen molar-refractivity contribution in [2.24, 2.45) is 11.7 Å². The van der Waals surface area contributed by atoms with Gasteiger partial charge in [-0.15, -0.1) is 0 Å². The SMILES string of the molecule is CCC(C)[C@H](O)[C@H](N)c1c(F)cc(Br)cc1F. The number of rotatable bonds is 4. The summed E-state index contributed by atoms with van der Waals surface area (Å²) in [5.41, 5.74) is 5.46. The molecule has 0 saturated carbocycles. The minimum atomic E-state index is -1.06. The van der Waals surface area contributed by atoms with E-state index in [4.69, 9.17) is 5.73 Å². The maximum Gasteiger partial charge on any atom is 0.132 e. The third-order valence-corrected chi connectivity index (χ3v) is 3.43. The molecule has 0 aliphatic rings. The molecule has 0 spiro atoms. The average Bonchev–Trinajstić information content (AvgIpc) is 2.25. The van der Waals surface area contributed by atoms with Crippen LogP contribution in [-0.4, -0.2) is 11.2 Å². The summed E-state index contributed by atoms with van der Waals surface area (Å²) in [7, 11) is 0. The van der Waals surface area contributed by atoms with Gasteiger partial charge in [0.05, 0.1) is 12.1 Å². The standard InChI is InChI=1S/C12H16BrF2NO/c1-3-6(2)12(17)11(16)10-8(14)4-7(13)5-9(10)15/h4-6,11-12,17H,3,16H2,1-2H3/t6?,11-,12+/m1/s1. The predicted molar refractivity (Wildman–Crippen MR) is 66.4 cm³/mol. The van der Waals surface area contributed by atoms with Crippen molar-refractivity contribution in [3.63, 3.8) is 0 Å². The molecular weight excluding hydrogens is 292 g/mol. The van der Waals surface area contributed by atoms with Gasteiger partial charge >= 0.3 is 0 Å². The number of benzene rings is 1. The second-order valence-electron chi connectivity index (χ2n) is 4.19. The van der Waals surface area contributed by atoms with Crippen molar-refractivity contribution in [1.29, 1.82) is 0 Å². The first-order valence-electron chi connectivity index (χ1n) is 5.46. The van der Waals surface area contributed by atoms with Gasteiger partial charge in [-0.2, -0.15) is 0 Å². The van der Waals surface area contributed by atoms with Crippen molar-refractivity contribution in [2.45, 2.75) is 32.4 Å². The van der Waals surface area contributed by atoms with Crippen LogP contribution < -0.4 is 5.73 Å². The third-order valence-electron chi connectivity index (χ3n) is 2.97. The van der Waals surface area contributed by atoms with Crippen LogP contribution in [0.15, 0.2) is 16.6 Å². The molecule has 0 amide bonds. The van der Waals surface area contributed by atoms with Gasteiger partial charge in [-0.05, 0) is 18.1 Å². The quantitative estimate of drug-likeness (QED) is 0.897. The zero-order chi connectivity index (χ0) is 13.2. The van der Waals surface area contributed by atoms with Crippen LogP contribution in [0.2, 0.25) is 0 Å². The second-order valence-corrected chi connectivity index (χ2v) is 5.10. The van der Waals surface area contributed by atoms with Crippen LogP contribution in [0.25, 0.3) is 0 Å². The number of aliphatic hydroxyl groups excluding tert-OH is 1. The largest absolute Gasteiger partial charge is 0.391 e. The Morgan fingerprint density at radius 3 is 2.24 bits per heavy atom. The lowest BCUT2D eigenvalue weighted by Gasteiger charge is -2.24. The Balaban J connectivity index is 3.08. The molecule has 0 heterocycles. The van der Waals surface area contributed by atoms with Crippen molar-refractivity contribution < 1.29 is 13.9 Å². The highest BCUT2D eigenvalue weighted by molar-refractivity contribution is 9.10. The van der Waals surface area contributed by atoms with Gasteiger partial charge in [0.15, 0.2) is 0 Å². The fourth-order valence-corrected chi connectivity index (χ4v) is 2.04. The molecule has 3 N–H and O–H groups in total. The third kappa shape index (κ3) is 3.24. The smallest absolute Gasteiger partial charge is 0.132 e. The van der Waals surface area contributed by atoms with E-state index in [2.05, 4.69) is 15.9 Å². The number of aliphatic hydroxyl groups is 1. The van der Waals surface area contributed by atoms with Crippen LogP contribution in [0, 0.1) is 17.6 Å². The van der Waals surface area contributed by atoms with Crippen LogP contribution >= 0.6 is 15.9 Å². The van der Waals surface area contributed by atoms with Crippen molar-refractivity contribution >= 4 is 15.9 Å². The van der Waals surface area contributed by atoms with E-state index in [1.54, 1.807) is 6.92 Å². The van der Waals surface area contributed by atoms with Gasteiger partial charge in [-0.3, -0.25) is 0 Å². The minimum absolute atomic E-state index is 0.118. The lowest BCUT2D eigenvalue weighted by molar-refractivity contribution is 0.0854. The van der Waals surface area contributed by atoms with E-state index in [1.165, 1.54) is 0 Å². The molecule has 96 valence electrons. The molecule has 1 unspecified atom stereocenters. The van der Waals surface area contributed by atoms with Crippen LogP contribution in [0.5, 0.6) is 0 Å². The summed E-state index contributed by atoms with van der Waals surface area (Å²) in [6.07, 6.45) is -0.278. The van der Waals surface area contributed by atoms with Crippen molar-refractivity contribution in [3.05, 3.63) is 33.8 Å². The zero-order valence-electron chi connectivity index (χ0n) is 9.75. The van der Waals surface area contributed by atoms with Crippen molar-refractivity contribution in [2.75, 3.05) is 0 Å². The van der Waals surface area contributed by atoms with Gasteiger partial charge in [-0.1, -0.05) is 36.2 Å². The Morgan fingerprint density at radius 1 is 1.35 bits per heavy atom. The van der Waals surface area contributed by atoms with Crippen molar-refractivity contribution in [1.82, 2.24) is 0 Å². The summed E-state index contributed by atoms with van der Waals surface area (Å²) in [5.74, 6) is -1.61. The Morgan fingerprint density at radius 2 is 1.82 bits per heavy atom. The second kappa shape index (κ2) is 5.89. The summed E-state index contributed by atoms with van der Waals surface area (Å²) < 4.78 is 27.6. The van der Waals surface area contributed by atoms with Gasteiger partial charge in [0.25, 0.3) is 0 Å². The van der Waals surface area contributed by atoms with Crippen molar-refractivity contribution in [3.8, 4) is 0 Å². The van der Waals surface area contributed by atoms with Crippen LogP contribution in [0.3, 0.4) is 0 Å². The molecule has 0 bridgehead atoms. The zero-order valence-corrected chi connectivity index (χ0v) is 11.3. The maximum absolute atomic E-state index is 13.6. The van der Waals surface area contributed by atoms with Gasteiger partial charge in [0, 0.05) is 10.0 Å². The molecule has 0 radical (unpaired) electrons. The highest BCUT2D eigenvalue weighted by atomic mass is 79.9. The highest BCUT2D eigenvalue weighted by Crippen LogP contribution is 2.28. The molecular formula is C12H16BrF2NO. The summed E-state index contributed by atoms with van der Waals surface area (Å²) >= 11 is 2.99. The minimum Gasteiger partial charge on any atom is -0.391 e. The Labute approximate surface area is 108 Å². The van der Waals surface area contributed by atoms with E-state index >= 15 is 0 Å². The molecule has 0 aliphatic carbocycles. The lowest BCUT2D eigenvalue weighted by atomic mass is 9.91. The summed E-state index contributed by atoms with van der Waals surface area (Å²) in [5, 5.41) is 9.89. The first-order chi connectivity index (χ1) is 7.88. The maximum atomic E-state index is 13.6. The first-order valence-corrected chi connectivity index (χ1v) is 6.25. The monoisotopic (exact) mass is 307 g/mol. The summed E-state index contributed by atoms with van der Waals surface area (Å²) in [6, 6.07) is 1.22. The molecule has 1 aromatic rings. The molecule has 3 atom stereocenters. The van der Waals surface area contributed by atoms with Crippen LogP contribution in [-0.2, 0) is 0 Å². The number of halogens is 3. The topological polar surface area (TPSA) is 46.2 Å². The Bertz CT molecular complexity index is 377. The fourth-order valence-electron chi connectivity index (χ4n) is 1.64. The molecule has 0 saturated heterocycles. The number of hydrogen-bond donors (Lipinski definition) is 2. The molecule has 5 heteroatoms. The van der Waals surface area contributed by atoms with E-state index in [9.17, 15) is 13.9 Å². The highest BCUT2D eigenvalue weighted by Gasteiger charge is 2.27. The Kier molecular flexibility index (Phi) is 5.04. The molecule has 0 aliphatic heterocycles. The molecule has 1 aromatic carbocycles. The number of nitrogens with two attached hydrogens (primary N) is 1. The van der Waals surface area contributed by atoms with E-state index in [1.807, 2.05) is 6.92 Å². The normalized spacial score (nSPS) is 16.6. The number of hydrogen-bond acceptors (Lipinski definition) is 2. The van der Waals surface area contributed by atoms with Crippen LogP contribution in [0.1, 0.15) is 31.9 Å². The van der Waals surface area contributed by atoms with E-state index < -0.39 is 23.8 Å². The van der Waals surface area contributed by atoms with Gasteiger partial charge < -0.3 is 10.8 Å². The first kappa shape index (κ1) is 14.5.